The monoisotopic (exact) mass is 374 g/mol. The highest BCUT2D eigenvalue weighted by molar-refractivity contribution is 5.93. The van der Waals surface area contributed by atoms with Gasteiger partial charge in [0.05, 0.1) is 11.6 Å². The fraction of sp³-hybridized carbons (Fsp3) is 0.200. The number of rotatable bonds is 4. The Morgan fingerprint density at radius 3 is 2.30 bits per heavy atom. The maximum atomic E-state index is 12.7. The Balaban J connectivity index is 1.74. The van der Waals surface area contributed by atoms with Gasteiger partial charge in [0, 0.05) is 5.56 Å². The van der Waals surface area contributed by atoms with Gasteiger partial charge in [-0.1, -0.05) is 30.3 Å². The zero-order valence-corrected chi connectivity index (χ0v) is 14.7. The van der Waals surface area contributed by atoms with Crippen LogP contribution in [-0.4, -0.2) is 10.9 Å². The minimum atomic E-state index is -4.39. The number of hydrogen-bond donors (Lipinski definition) is 1. The Labute approximate surface area is 154 Å². The molecule has 4 nitrogen and oxygen atoms in total. The van der Waals surface area contributed by atoms with Crippen molar-refractivity contribution in [1.82, 2.24) is 10.3 Å². The third-order valence-electron chi connectivity index (χ3n) is 4.12. The van der Waals surface area contributed by atoms with E-state index in [1.54, 1.807) is 13.8 Å². The van der Waals surface area contributed by atoms with Crippen LogP contribution in [0.2, 0.25) is 0 Å². The lowest BCUT2D eigenvalue weighted by Crippen LogP contribution is -2.27. The van der Waals surface area contributed by atoms with Gasteiger partial charge in [-0.2, -0.15) is 13.2 Å². The van der Waals surface area contributed by atoms with E-state index in [2.05, 4.69) is 10.3 Å². The van der Waals surface area contributed by atoms with E-state index < -0.39 is 23.7 Å². The number of hydrogen-bond acceptors (Lipinski definition) is 3. The molecule has 0 saturated carbocycles. The summed E-state index contributed by atoms with van der Waals surface area (Å²) in [5.41, 5.74) is 0.716. The summed E-state index contributed by atoms with van der Waals surface area (Å²) in [6.07, 6.45) is -4.39. The van der Waals surface area contributed by atoms with Crippen LogP contribution in [0.5, 0.6) is 0 Å². The van der Waals surface area contributed by atoms with Crippen molar-refractivity contribution in [2.24, 2.45) is 0 Å². The third-order valence-corrected chi connectivity index (χ3v) is 4.12. The van der Waals surface area contributed by atoms with Gasteiger partial charge in [-0.3, -0.25) is 4.79 Å². The van der Waals surface area contributed by atoms with Crippen LogP contribution >= 0.6 is 0 Å². The van der Waals surface area contributed by atoms with Crippen molar-refractivity contribution >= 4 is 5.91 Å². The van der Waals surface area contributed by atoms with E-state index >= 15 is 0 Å². The molecule has 0 bridgehead atoms. The number of halogens is 3. The Bertz CT molecular complexity index is 932. The van der Waals surface area contributed by atoms with Crippen molar-refractivity contribution in [2.45, 2.75) is 26.1 Å². The first-order chi connectivity index (χ1) is 12.8. The Morgan fingerprint density at radius 2 is 1.70 bits per heavy atom. The number of benzene rings is 2. The van der Waals surface area contributed by atoms with Gasteiger partial charge >= 0.3 is 6.18 Å². The summed E-state index contributed by atoms with van der Waals surface area (Å²) >= 11 is 0. The molecule has 3 rings (SSSR count). The normalized spacial score (nSPS) is 12.6. The molecule has 1 amide bonds. The Hall–Kier alpha value is -3.09. The van der Waals surface area contributed by atoms with Crippen LogP contribution in [0, 0.1) is 6.92 Å². The van der Waals surface area contributed by atoms with E-state index in [1.165, 1.54) is 12.1 Å². The molecule has 2 aromatic carbocycles. The fourth-order valence-electron chi connectivity index (χ4n) is 2.62. The minimum Gasteiger partial charge on any atom is -0.441 e. The van der Waals surface area contributed by atoms with Crippen molar-refractivity contribution < 1.29 is 22.4 Å². The second-order valence-corrected chi connectivity index (χ2v) is 6.10. The quantitative estimate of drug-likeness (QED) is 0.686. The molecule has 1 N–H and O–H groups in total. The van der Waals surface area contributed by atoms with Gasteiger partial charge in [-0.05, 0) is 43.7 Å². The number of aromatic nitrogens is 1. The average Bonchev–Trinajstić information content (AvgIpc) is 3.04. The lowest BCUT2D eigenvalue weighted by atomic mass is 10.1. The highest BCUT2D eigenvalue weighted by atomic mass is 19.4. The number of amides is 1. The predicted molar refractivity (Wildman–Crippen MR) is 94.0 cm³/mol. The van der Waals surface area contributed by atoms with Crippen LogP contribution in [0.1, 0.15) is 40.3 Å². The van der Waals surface area contributed by atoms with E-state index in [0.717, 1.165) is 17.7 Å². The van der Waals surface area contributed by atoms with Crippen molar-refractivity contribution in [3.05, 3.63) is 77.2 Å². The highest BCUT2D eigenvalue weighted by Gasteiger charge is 2.30. The van der Waals surface area contributed by atoms with E-state index in [9.17, 15) is 18.0 Å². The van der Waals surface area contributed by atoms with Gasteiger partial charge in [-0.15, -0.1) is 0 Å². The molecule has 0 aliphatic carbocycles. The smallest absolute Gasteiger partial charge is 0.416 e. The van der Waals surface area contributed by atoms with Gasteiger partial charge < -0.3 is 9.73 Å². The number of alkyl halides is 3. The summed E-state index contributed by atoms with van der Waals surface area (Å²) in [7, 11) is 0. The van der Waals surface area contributed by atoms with Gasteiger partial charge in [0.25, 0.3) is 5.91 Å². The van der Waals surface area contributed by atoms with Gasteiger partial charge in [0.15, 0.2) is 5.69 Å². The zero-order chi connectivity index (χ0) is 19.6. The van der Waals surface area contributed by atoms with Crippen molar-refractivity contribution in [3.63, 3.8) is 0 Å². The number of nitrogens with one attached hydrogen (secondary N) is 1. The van der Waals surface area contributed by atoms with E-state index in [0.29, 0.717) is 17.2 Å². The van der Waals surface area contributed by atoms with E-state index in [1.807, 2.05) is 30.3 Å². The first kappa shape index (κ1) is 18.7. The first-order valence-electron chi connectivity index (χ1n) is 8.26. The van der Waals surface area contributed by atoms with Crippen molar-refractivity contribution in [3.8, 4) is 11.5 Å². The third kappa shape index (κ3) is 4.19. The van der Waals surface area contributed by atoms with Crippen LogP contribution < -0.4 is 5.32 Å². The second kappa shape index (κ2) is 7.26. The van der Waals surface area contributed by atoms with Crippen LogP contribution in [0.4, 0.5) is 13.2 Å². The molecule has 0 fully saturated rings. The molecule has 27 heavy (non-hydrogen) atoms. The molecule has 3 aromatic rings. The second-order valence-electron chi connectivity index (χ2n) is 6.10. The summed E-state index contributed by atoms with van der Waals surface area (Å²) in [5.74, 6) is 0.247. The largest absolute Gasteiger partial charge is 0.441 e. The number of carbonyl (C=O) groups excluding carboxylic acids is 1. The molecule has 1 heterocycles. The van der Waals surface area contributed by atoms with Crippen LogP contribution in [0.15, 0.2) is 59.0 Å². The first-order valence-corrected chi connectivity index (χ1v) is 8.26. The summed E-state index contributed by atoms with van der Waals surface area (Å²) in [4.78, 5) is 16.8. The minimum absolute atomic E-state index is 0.146. The SMILES string of the molecule is Cc1oc(-c2ccccc2)nc1C(=O)N[C@H](C)c1ccc(C(F)(F)F)cc1. The number of aryl methyl sites for hydroxylation is 1. The Kier molecular flexibility index (Phi) is 5.03. The predicted octanol–water partition coefficient (Wildman–Crippen LogP) is 5.16. The molecular weight excluding hydrogens is 357 g/mol. The average molecular weight is 374 g/mol. The number of oxazole rings is 1. The molecule has 0 spiro atoms. The maximum Gasteiger partial charge on any atom is 0.416 e. The molecule has 0 saturated heterocycles. The molecule has 1 atom stereocenters. The van der Waals surface area contributed by atoms with Crippen LogP contribution in [-0.2, 0) is 6.18 Å². The van der Waals surface area contributed by atoms with E-state index in [4.69, 9.17) is 4.42 Å². The molecule has 0 aliphatic heterocycles. The highest BCUT2D eigenvalue weighted by Crippen LogP contribution is 2.30. The van der Waals surface area contributed by atoms with Gasteiger partial charge in [-0.25, -0.2) is 4.98 Å². The van der Waals surface area contributed by atoms with E-state index in [-0.39, 0.29) is 5.69 Å². The summed E-state index contributed by atoms with van der Waals surface area (Å²) in [5, 5.41) is 2.73. The van der Waals surface area contributed by atoms with Crippen molar-refractivity contribution in [2.75, 3.05) is 0 Å². The topological polar surface area (TPSA) is 55.1 Å². The standard InChI is InChI=1S/C20H17F3N2O2/c1-12(14-8-10-16(11-9-14)20(21,22)23)24-18(26)17-13(2)27-19(25-17)15-6-4-3-5-7-15/h3-12H,1-2H3,(H,24,26)/t12-/m1/s1. The Morgan fingerprint density at radius 1 is 1.07 bits per heavy atom. The molecule has 140 valence electrons. The molecule has 0 radical (unpaired) electrons. The van der Waals surface area contributed by atoms with Gasteiger partial charge in [0.1, 0.15) is 5.76 Å². The molecule has 7 heteroatoms. The van der Waals surface area contributed by atoms with Crippen LogP contribution in [0.25, 0.3) is 11.5 Å². The molecule has 0 unspecified atom stereocenters. The zero-order valence-electron chi connectivity index (χ0n) is 14.7. The summed E-state index contributed by atoms with van der Waals surface area (Å²) in [6.45, 7) is 3.32. The molecule has 1 aromatic heterocycles. The molecule has 0 aliphatic rings. The lowest BCUT2D eigenvalue weighted by Gasteiger charge is -2.15. The lowest BCUT2D eigenvalue weighted by molar-refractivity contribution is -0.137. The van der Waals surface area contributed by atoms with Gasteiger partial charge in [0.2, 0.25) is 5.89 Å². The molecular formula is C20H17F3N2O2. The fourth-order valence-corrected chi connectivity index (χ4v) is 2.62. The number of carbonyl (C=O) groups is 1. The van der Waals surface area contributed by atoms with Crippen molar-refractivity contribution in [1.29, 1.82) is 0 Å². The van der Waals surface area contributed by atoms with Crippen LogP contribution in [0.3, 0.4) is 0 Å². The number of nitrogens with zero attached hydrogens (tertiary/aromatic N) is 1. The maximum absolute atomic E-state index is 12.7. The summed E-state index contributed by atoms with van der Waals surface area (Å²) < 4.78 is 43.5. The summed E-state index contributed by atoms with van der Waals surface area (Å²) in [6, 6.07) is 13.4.